The molecule has 4 aromatic rings. The Labute approximate surface area is 212 Å². The second kappa shape index (κ2) is 10.6. The Morgan fingerprint density at radius 1 is 1.03 bits per heavy atom. The van der Waals surface area contributed by atoms with E-state index in [-0.39, 0.29) is 11.8 Å². The molecule has 0 aliphatic carbocycles. The fraction of sp³-hybridized carbons (Fsp3) is 0.286. The molecule has 0 fully saturated rings. The monoisotopic (exact) mass is 501 g/mol. The van der Waals surface area contributed by atoms with E-state index in [2.05, 4.69) is 50.2 Å². The van der Waals surface area contributed by atoms with Crippen molar-refractivity contribution in [2.24, 2.45) is 0 Å². The average molecular weight is 502 g/mol. The lowest BCUT2D eigenvalue weighted by Gasteiger charge is -2.32. The first-order valence-electron chi connectivity index (χ1n) is 12.3. The van der Waals surface area contributed by atoms with Gasteiger partial charge in [-0.05, 0) is 59.4 Å². The van der Waals surface area contributed by atoms with Crippen molar-refractivity contribution in [1.29, 1.82) is 0 Å². The second-order valence-electron chi connectivity index (χ2n) is 9.23. The topological polar surface area (TPSA) is 82.2 Å². The van der Waals surface area contributed by atoms with Gasteiger partial charge in [0.05, 0.1) is 24.3 Å². The Morgan fingerprint density at radius 2 is 1.83 bits per heavy atom. The van der Waals surface area contributed by atoms with Crippen LogP contribution in [0.3, 0.4) is 0 Å². The Hall–Kier alpha value is -3.49. The smallest absolute Gasteiger partial charge is 0.214 e. The van der Waals surface area contributed by atoms with Gasteiger partial charge < -0.3 is 9.88 Å². The molecule has 0 unspecified atom stereocenters. The predicted octanol–water partition coefficient (Wildman–Crippen LogP) is 4.65. The molecule has 5 rings (SSSR count). The number of aromatic amines is 1. The van der Waals surface area contributed by atoms with Gasteiger partial charge in [-0.3, -0.25) is 4.98 Å². The predicted molar refractivity (Wildman–Crippen MR) is 143 cm³/mol. The van der Waals surface area contributed by atoms with E-state index in [4.69, 9.17) is 0 Å². The molecule has 2 aromatic heterocycles. The van der Waals surface area contributed by atoms with Crippen LogP contribution in [-0.2, 0) is 29.5 Å². The molecule has 0 radical (unpaired) electrons. The van der Waals surface area contributed by atoms with Crippen LogP contribution in [-0.4, -0.2) is 46.0 Å². The number of imidazole rings is 1. The number of nitrogens with zero attached hydrogens (tertiary/aromatic N) is 4. The van der Waals surface area contributed by atoms with Crippen LogP contribution < -0.4 is 4.90 Å². The van der Waals surface area contributed by atoms with Gasteiger partial charge in [-0.1, -0.05) is 43.3 Å². The third-order valence-corrected chi connectivity index (χ3v) is 8.71. The van der Waals surface area contributed by atoms with Crippen LogP contribution in [0.2, 0.25) is 0 Å². The summed E-state index contributed by atoms with van der Waals surface area (Å²) in [4.78, 5) is 13.9. The molecule has 36 heavy (non-hydrogen) atoms. The average Bonchev–Trinajstić information content (AvgIpc) is 3.35. The van der Waals surface area contributed by atoms with E-state index in [0.29, 0.717) is 32.5 Å². The summed E-state index contributed by atoms with van der Waals surface area (Å²) in [6.45, 7) is 3.43. The summed E-state index contributed by atoms with van der Waals surface area (Å²) in [7, 11) is -3.46. The molecular formula is C28H31N5O2S. The van der Waals surface area contributed by atoms with E-state index < -0.39 is 10.0 Å². The van der Waals surface area contributed by atoms with Crippen molar-refractivity contribution in [2.75, 3.05) is 17.2 Å². The SMILES string of the molecule is CCCS(=O)(=O)N1Cc2cc(-c3ccncc3)ccc2N(Cc2c[nH]cn2)C[C@H]1Cc1ccccc1. The van der Waals surface area contributed by atoms with Gasteiger partial charge in [0.2, 0.25) is 10.0 Å². The molecule has 1 aliphatic rings. The highest BCUT2D eigenvalue weighted by atomic mass is 32.2. The molecule has 7 nitrogen and oxygen atoms in total. The molecule has 8 heteroatoms. The highest BCUT2D eigenvalue weighted by Gasteiger charge is 2.35. The van der Waals surface area contributed by atoms with Gasteiger partial charge in [0.25, 0.3) is 0 Å². The Kier molecular flexibility index (Phi) is 7.16. The standard InChI is InChI=1S/C28H31N5O2S/c1-2-14-36(34,35)33-18-25-16-24(23-10-12-29-13-11-23)8-9-28(25)32(19-26-17-30-21-31-26)20-27(33)15-22-6-4-3-5-7-22/h3-13,16-17,21,27H,2,14-15,18-20H2,1H3,(H,30,31)/t27-/m1/s1. The summed E-state index contributed by atoms with van der Waals surface area (Å²) in [5.41, 5.74) is 6.19. The van der Waals surface area contributed by atoms with Crippen molar-refractivity contribution in [3.63, 3.8) is 0 Å². The van der Waals surface area contributed by atoms with Gasteiger partial charge in [0.1, 0.15) is 0 Å². The number of anilines is 1. The van der Waals surface area contributed by atoms with Crippen LogP contribution >= 0.6 is 0 Å². The van der Waals surface area contributed by atoms with E-state index in [1.54, 1.807) is 23.0 Å². The summed E-state index contributed by atoms with van der Waals surface area (Å²) in [5, 5.41) is 0. The van der Waals surface area contributed by atoms with Gasteiger partial charge in [0, 0.05) is 43.4 Å². The van der Waals surface area contributed by atoms with Crippen LogP contribution in [0.15, 0.2) is 85.6 Å². The molecule has 0 saturated heterocycles. The maximum atomic E-state index is 13.6. The summed E-state index contributed by atoms with van der Waals surface area (Å²) in [5.74, 6) is 0.136. The van der Waals surface area contributed by atoms with E-state index >= 15 is 0 Å². The van der Waals surface area contributed by atoms with Gasteiger partial charge in [0.15, 0.2) is 0 Å². The van der Waals surface area contributed by atoms with Crippen molar-refractivity contribution in [2.45, 2.75) is 38.9 Å². The third kappa shape index (κ3) is 5.34. The van der Waals surface area contributed by atoms with E-state index in [0.717, 1.165) is 33.6 Å². The molecule has 1 N–H and O–H groups in total. The molecule has 1 aliphatic heterocycles. The normalized spacial score (nSPS) is 16.5. The first-order valence-corrected chi connectivity index (χ1v) is 13.9. The number of hydrogen-bond acceptors (Lipinski definition) is 5. The Balaban J connectivity index is 1.60. The van der Waals surface area contributed by atoms with Crippen LogP contribution in [0.1, 0.15) is 30.2 Å². The molecule has 0 bridgehead atoms. The number of benzene rings is 2. The first-order chi connectivity index (χ1) is 17.5. The minimum absolute atomic E-state index is 0.136. The van der Waals surface area contributed by atoms with Gasteiger partial charge >= 0.3 is 0 Å². The van der Waals surface area contributed by atoms with Gasteiger partial charge in [-0.2, -0.15) is 4.31 Å². The van der Waals surface area contributed by atoms with Gasteiger partial charge in [-0.25, -0.2) is 13.4 Å². The number of aromatic nitrogens is 3. The molecule has 0 spiro atoms. The Morgan fingerprint density at radius 3 is 2.56 bits per heavy atom. The second-order valence-corrected chi connectivity index (χ2v) is 11.3. The highest BCUT2D eigenvalue weighted by Crippen LogP contribution is 2.34. The molecule has 1 atom stereocenters. The largest absolute Gasteiger partial charge is 0.364 e. The number of fused-ring (bicyclic) bond motifs is 1. The maximum Gasteiger partial charge on any atom is 0.214 e. The number of hydrogen-bond donors (Lipinski definition) is 1. The lowest BCUT2D eigenvalue weighted by molar-refractivity contribution is 0.318. The molecule has 2 aromatic carbocycles. The lowest BCUT2D eigenvalue weighted by Crippen LogP contribution is -2.46. The summed E-state index contributed by atoms with van der Waals surface area (Å²) in [6.07, 6.45) is 8.36. The van der Waals surface area contributed by atoms with Crippen molar-refractivity contribution < 1.29 is 8.42 Å². The van der Waals surface area contributed by atoms with Crippen LogP contribution in [0, 0.1) is 0 Å². The zero-order chi connectivity index (χ0) is 25.0. The lowest BCUT2D eigenvalue weighted by atomic mass is 10.0. The van der Waals surface area contributed by atoms with Crippen LogP contribution in [0.25, 0.3) is 11.1 Å². The van der Waals surface area contributed by atoms with Gasteiger partial charge in [-0.15, -0.1) is 0 Å². The van der Waals surface area contributed by atoms with Crippen molar-refractivity contribution in [3.05, 3.63) is 102 Å². The number of nitrogens with one attached hydrogen (secondary N) is 1. The maximum absolute atomic E-state index is 13.6. The summed E-state index contributed by atoms with van der Waals surface area (Å²) in [6, 6.07) is 20.2. The van der Waals surface area contributed by atoms with Crippen molar-refractivity contribution in [1.82, 2.24) is 19.3 Å². The third-order valence-electron chi connectivity index (χ3n) is 6.64. The van der Waals surface area contributed by atoms with E-state index in [9.17, 15) is 8.42 Å². The highest BCUT2D eigenvalue weighted by molar-refractivity contribution is 7.89. The van der Waals surface area contributed by atoms with E-state index in [1.165, 1.54) is 0 Å². The van der Waals surface area contributed by atoms with E-state index in [1.807, 2.05) is 43.5 Å². The fourth-order valence-corrected chi connectivity index (χ4v) is 6.64. The minimum Gasteiger partial charge on any atom is -0.364 e. The Bertz CT molecular complexity index is 1380. The minimum atomic E-state index is -3.46. The summed E-state index contributed by atoms with van der Waals surface area (Å²) < 4.78 is 29.0. The first kappa shape index (κ1) is 24.2. The zero-order valence-electron chi connectivity index (χ0n) is 20.4. The molecular weight excluding hydrogens is 470 g/mol. The number of sulfonamides is 1. The molecule has 0 amide bonds. The zero-order valence-corrected chi connectivity index (χ0v) is 21.2. The fourth-order valence-electron chi connectivity index (χ4n) is 4.96. The number of H-pyrrole nitrogens is 1. The van der Waals surface area contributed by atoms with Crippen molar-refractivity contribution in [3.8, 4) is 11.1 Å². The number of rotatable bonds is 8. The van der Waals surface area contributed by atoms with Crippen LogP contribution in [0.4, 0.5) is 5.69 Å². The van der Waals surface area contributed by atoms with Crippen molar-refractivity contribution >= 4 is 15.7 Å². The van der Waals surface area contributed by atoms with Crippen LogP contribution in [0.5, 0.6) is 0 Å². The quantitative estimate of drug-likeness (QED) is 0.380. The molecule has 186 valence electrons. The molecule has 0 saturated carbocycles. The summed E-state index contributed by atoms with van der Waals surface area (Å²) >= 11 is 0. The number of pyridine rings is 1. The molecule has 3 heterocycles.